The van der Waals surface area contributed by atoms with Gasteiger partial charge in [0.15, 0.2) is 5.72 Å². The van der Waals surface area contributed by atoms with Crippen molar-refractivity contribution in [1.29, 1.82) is 0 Å². The van der Waals surface area contributed by atoms with E-state index < -0.39 is 5.72 Å². The predicted molar refractivity (Wildman–Crippen MR) is 95.3 cm³/mol. The van der Waals surface area contributed by atoms with Crippen LogP contribution in [0.4, 0.5) is 0 Å². The molecule has 0 saturated carbocycles. The quantitative estimate of drug-likeness (QED) is 0.830. The molecule has 3 aliphatic rings. The Labute approximate surface area is 151 Å². The van der Waals surface area contributed by atoms with Crippen LogP contribution in [0.25, 0.3) is 11.3 Å². The molecule has 0 radical (unpaired) electrons. The van der Waals surface area contributed by atoms with Crippen molar-refractivity contribution in [3.05, 3.63) is 48.2 Å². The first-order valence-corrected chi connectivity index (χ1v) is 9.08. The van der Waals surface area contributed by atoms with Crippen molar-refractivity contribution in [2.75, 3.05) is 19.7 Å². The van der Waals surface area contributed by atoms with Gasteiger partial charge in [-0.15, -0.1) is 0 Å². The Kier molecular flexibility index (Phi) is 3.28. The van der Waals surface area contributed by atoms with E-state index in [1.54, 1.807) is 0 Å². The Hall–Kier alpha value is -2.60. The largest absolute Gasteiger partial charge is 0.351 e. The maximum atomic E-state index is 13.3. The van der Waals surface area contributed by atoms with Crippen molar-refractivity contribution in [3.63, 3.8) is 0 Å². The molecule has 2 aromatic rings. The van der Waals surface area contributed by atoms with Gasteiger partial charge in [-0.05, 0) is 17.7 Å². The normalized spacial score (nSPS) is 27.1. The number of aromatic nitrogens is 1. The van der Waals surface area contributed by atoms with E-state index in [9.17, 15) is 9.59 Å². The van der Waals surface area contributed by atoms with Gasteiger partial charge < -0.3 is 19.1 Å². The fourth-order valence-electron chi connectivity index (χ4n) is 4.81. The molecule has 3 aliphatic heterocycles. The monoisotopic (exact) mass is 351 g/mol. The summed E-state index contributed by atoms with van der Waals surface area (Å²) in [5.74, 6) is 0.0727. The van der Waals surface area contributed by atoms with Crippen molar-refractivity contribution in [1.82, 2.24) is 14.4 Å². The lowest BCUT2D eigenvalue weighted by Crippen LogP contribution is -2.49. The molecule has 6 heteroatoms. The first-order chi connectivity index (χ1) is 12.6. The van der Waals surface area contributed by atoms with Crippen LogP contribution in [-0.2, 0) is 16.6 Å². The second kappa shape index (κ2) is 5.45. The number of nitrogens with zero attached hydrogens (tertiary/aromatic N) is 3. The van der Waals surface area contributed by atoms with E-state index in [4.69, 9.17) is 4.74 Å². The SMILES string of the molecule is Cn1c(C(=O)N2CC[C@@]34OCCN3C(=O)C[C@@H]24)ccc1-c1ccccc1. The topological polar surface area (TPSA) is 54.8 Å². The van der Waals surface area contributed by atoms with E-state index in [1.807, 2.05) is 63.9 Å². The van der Waals surface area contributed by atoms with Gasteiger partial charge in [0.05, 0.1) is 19.1 Å². The highest BCUT2D eigenvalue weighted by Gasteiger charge is 2.63. The molecule has 3 fully saturated rings. The fourth-order valence-corrected chi connectivity index (χ4v) is 4.81. The standard InChI is InChI=1S/C20H21N3O3/c1-21-15(14-5-3-2-4-6-14)7-8-16(21)19(25)22-10-9-20-17(22)13-18(24)23(20)11-12-26-20/h2-8,17H,9-13H2,1H3/t17-,20+/m1/s1. The third kappa shape index (κ3) is 1.96. The van der Waals surface area contributed by atoms with E-state index in [1.165, 1.54) is 0 Å². The summed E-state index contributed by atoms with van der Waals surface area (Å²) in [4.78, 5) is 29.3. The number of hydrogen-bond donors (Lipinski definition) is 0. The molecule has 1 spiro atoms. The summed E-state index contributed by atoms with van der Waals surface area (Å²) in [5.41, 5.74) is 2.14. The highest BCUT2D eigenvalue weighted by Crippen LogP contribution is 2.46. The molecule has 26 heavy (non-hydrogen) atoms. The molecule has 1 aromatic heterocycles. The van der Waals surface area contributed by atoms with Crippen molar-refractivity contribution in [3.8, 4) is 11.3 Å². The number of likely N-dealkylation sites (tertiary alicyclic amines) is 1. The minimum Gasteiger partial charge on any atom is -0.351 e. The van der Waals surface area contributed by atoms with Gasteiger partial charge in [-0.2, -0.15) is 0 Å². The summed E-state index contributed by atoms with van der Waals surface area (Å²) in [6.45, 7) is 1.82. The zero-order valence-corrected chi connectivity index (χ0v) is 14.7. The fraction of sp³-hybridized carbons (Fsp3) is 0.400. The third-order valence-electron chi connectivity index (χ3n) is 6.07. The summed E-state index contributed by atoms with van der Waals surface area (Å²) in [6.07, 6.45) is 1.06. The molecule has 4 heterocycles. The van der Waals surface area contributed by atoms with Crippen LogP contribution >= 0.6 is 0 Å². The number of amides is 2. The zero-order valence-electron chi connectivity index (χ0n) is 14.7. The number of ether oxygens (including phenoxy) is 1. The summed E-state index contributed by atoms with van der Waals surface area (Å²) < 4.78 is 7.92. The molecular weight excluding hydrogens is 330 g/mol. The zero-order chi connectivity index (χ0) is 17.9. The highest BCUT2D eigenvalue weighted by molar-refractivity contribution is 5.95. The molecule has 1 aromatic carbocycles. The van der Waals surface area contributed by atoms with E-state index in [0.29, 0.717) is 38.2 Å². The molecule has 134 valence electrons. The van der Waals surface area contributed by atoms with Gasteiger partial charge >= 0.3 is 0 Å². The Morgan fingerprint density at radius 2 is 1.96 bits per heavy atom. The van der Waals surface area contributed by atoms with Gasteiger partial charge in [-0.3, -0.25) is 9.59 Å². The molecule has 0 N–H and O–H groups in total. The Morgan fingerprint density at radius 3 is 2.77 bits per heavy atom. The van der Waals surface area contributed by atoms with Crippen LogP contribution in [0.2, 0.25) is 0 Å². The Morgan fingerprint density at radius 1 is 1.15 bits per heavy atom. The summed E-state index contributed by atoms with van der Waals surface area (Å²) in [7, 11) is 1.92. The van der Waals surface area contributed by atoms with Gasteiger partial charge in [0.25, 0.3) is 5.91 Å². The summed E-state index contributed by atoms with van der Waals surface area (Å²) in [6, 6.07) is 13.7. The first-order valence-electron chi connectivity index (χ1n) is 9.08. The molecular formula is C20H21N3O3. The van der Waals surface area contributed by atoms with E-state index >= 15 is 0 Å². The van der Waals surface area contributed by atoms with Crippen LogP contribution in [0.3, 0.4) is 0 Å². The van der Waals surface area contributed by atoms with E-state index in [2.05, 4.69) is 0 Å². The van der Waals surface area contributed by atoms with Gasteiger partial charge in [-0.1, -0.05) is 30.3 Å². The number of rotatable bonds is 2. The van der Waals surface area contributed by atoms with Crippen LogP contribution in [0.15, 0.2) is 42.5 Å². The van der Waals surface area contributed by atoms with Gasteiger partial charge in [-0.25, -0.2) is 0 Å². The maximum Gasteiger partial charge on any atom is 0.270 e. The second-order valence-electron chi connectivity index (χ2n) is 7.24. The van der Waals surface area contributed by atoms with Gasteiger partial charge in [0.1, 0.15) is 5.69 Å². The van der Waals surface area contributed by atoms with Gasteiger partial charge in [0.2, 0.25) is 5.91 Å². The molecule has 0 unspecified atom stereocenters. The summed E-state index contributed by atoms with van der Waals surface area (Å²) in [5, 5.41) is 0. The van der Waals surface area contributed by atoms with Crippen LogP contribution in [0, 0.1) is 0 Å². The smallest absolute Gasteiger partial charge is 0.270 e. The minimum atomic E-state index is -0.583. The second-order valence-corrected chi connectivity index (χ2v) is 7.24. The number of benzene rings is 1. The molecule has 5 rings (SSSR count). The number of hydrogen-bond acceptors (Lipinski definition) is 3. The average Bonchev–Trinajstić information content (AvgIpc) is 3.38. The van der Waals surface area contributed by atoms with Crippen molar-refractivity contribution >= 4 is 11.8 Å². The Balaban J connectivity index is 1.47. The van der Waals surface area contributed by atoms with Crippen molar-refractivity contribution < 1.29 is 14.3 Å². The van der Waals surface area contributed by atoms with Crippen LogP contribution < -0.4 is 0 Å². The average molecular weight is 351 g/mol. The molecule has 3 saturated heterocycles. The van der Waals surface area contributed by atoms with Crippen molar-refractivity contribution in [2.45, 2.75) is 24.6 Å². The first kappa shape index (κ1) is 15.6. The Bertz CT molecular complexity index is 891. The van der Waals surface area contributed by atoms with Crippen LogP contribution in [0.5, 0.6) is 0 Å². The third-order valence-corrected chi connectivity index (χ3v) is 6.07. The minimum absolute atomic E-state index is 0.0262. The van der Waals surface area contributed by atoms with E-state index in [-0.39, 0.29) is 17.9 Å². The number of carbonyl (C=O) groups excluding carboxylic acids is 2. The molecule has 0 bridgehead atoms. The van der Waals surface area contributed by atoms with Crippen LogP contribution in [-0.4, -0.2) is 57.6 Å². The molecule has 2 atom stereocenters. The maximum absolute atomic E-state index is 13.3. The number of carbonyl (C=O) groups is 2. The summed E-state index contributed by atoms with van der Waals surface area (Å²) >= 11 is 0. The van der Waals surface area contributed by atoms with E-state index in [0.717, 1.165) is 11.3 Å². The molecule has 0 aliphatic carbocycles. The molecule has 6 nitrogen and oxygen atoms in total. The predicted octanol–water partition coefficient (Wildman–Crippen LogP) is 1.87. The lowest BCUT2D eigenvalue weighted by molar-refractivity contribution is -0.136. The highest BCUT2D eigenvalue weighted by atomic mass is 16.5. The molecule has 2 amide bonds. The van der Waals surface area contributed by atoms with Gasteiger partial charge in [0, 0.05) is 32.3 Å². The van der Waals surface area contributed by atoms with Crippen LogP contribution in [0.1, 0.15) is 23.3 Å². The van der Waals surface area contributed by atoms with Crippen molar-refractivity contribution in [2.24, 2.45) is 7.05 Å². The lowest BCUT2D eigenvalue weighted by Gasteiger charge is -2.31. The lowest BCUT2D eigenvalue weighted by atomic mass is 10.1.